The molecule has 0 aliphatic heterocycles. The number of fused-ring (bicyclic) bond motifs is 1. The lowest BCUT2D eigenvalue weighted by Crippen LogP contribution is -2.30. The smallest absolute Gasteiger partial charge is 0.261 e. The van der Waals surface area contributed by atoms with Crippen molar-refractivity contribution in [3.8, 4) is 0 Å². The van der Waals surface area contributed by atoms with E-state index in [4.69, 9.17) is 0 Å². The van der Waals surface area contributed by atoms with Crippen LogP contribution in [-0.4, -0.2) is 39.7 Å². The minimum Gasteiger partial charge on any atom is -0.392 e. The minimum atomic E-state index is -0.560. The van der Waals surface area contributed by atoms with Gasteiger partial charge in [0.1, 0.15) is 17.0 Å². The quantitative estimate of drug-likeness (QED) is 0.782. The van der Waals surface area contributed by atoms with Crippen LogP contribution in [0.4, 0.5) is 5.82 Å². The standard InChI is InChI=1S/C14H18N4O2S/c1-7(19)5-15-13(20)11-8(2)10-12(18-9-3-4-9)16-6-17-14(10)21-11/h6-7,9,19H,3-5H2,1-2H3,(H,15,20)(H,16,17,18). The normalized spacial score (nSPS) is 16.0. The predicted molar refractivity (Wildman–Crippen MR) is 82.8 cm³/mol. The van der Waals surface area contributed by atoms with Gasteiger partial charge in [0.05, 0.1) is 16.4 Å². The van der Waals surface area contributed by atoms with Crippen molar-refractivity contribution in [2.24, 2.45) is 0 Å². The summed E-state index contributed by atoms with van der Waals surface area (Å²) in [7, 11) is 0. The maximum Gasteiger partial charge on any atom is 0.261 e. The molecule has 1 saturated carbocycles. The molecule has 3 N–H and O–H groups in total. The van der Waals surface area contributed by atoms with Crippen molar-refractivity contribution in [2.45, 2.75) is 38.8 Å². The second kappa shape index (κ2) is 5.57. The lowest BCUT2D eigenvalue weighted by Gasteiger charge is -2.07. The number of hydrogen-bond acceptors (Lipinski definition) is 6. The zero-order chi connectivity index (χ0) is 15.0. The molecule has 1 atom stereocenters. The van der Waals surface area contributed by atoms with E-state index in [1.165, 1.54) is 17.7 Å². The van der Waals surface area contributed by atoms with Gasteiger partial charge in [-0.2, -0.15) is 0 Å². The Kier molecular flexibility index (Phi) is 3.77. The molecule has 1 aliphatic carbocycles. The maximum atomic E-state index is 12.2. The molecule has 0 spiro atoms. The average molecular weight is 306 g/mol. The van der Waals surface area contributed by atoms with Crippen LogP contribution >= 0.6 is 11.3 Å². The summed E-state index contributed by atoms with van der Waals surface area (Å²) in [5.74, 6) is 0.639. The van der Waals surface area contributed by atoms with Gasteiger partial charge in [-0.3, -0.25) is 4.79 Å². The Hall–Kier alpha value is -1.73. The fraction of sp³-hybridized carbons (Fsp3) is 0.500. The molecule has 1 unspecified atom stereocenters. The fourth-order valence-electron chi connectivity index (χ4n) is 2.14. The highest BCUT2D eigenvalue weighted by molar-refractivity contribution is 7.20. The second-order valence-corrected chi connectivity index (χ2v) is 6.44. The number of aromatic nitrogens is 2. The largest absolute Gasteiger partial charge is 0.392 e. The summed E-state index contributed by atoms with van der Waals surface area (Å²) in [4.78, 5) is 22.2. The van der Waals surface area contributed by atoms with E-state index in [0.29, 0.717) is 10.9 Å². The van der Waals surface area contributed by atoms with E-state index in [-0.39, 0.29) is 12.5 Å². The zero-order valence-electron chi connectivity index (χ0n) is 12.0. The van der Waals surface area contributed by atoms with Crippen molar-refractivity contribution in [2.75, 3.05) is 11.9 Å². The van der Waals surface area contributed by atoms with Gasteiger partial charge in [-0.1, -0.05) is 0 Å². The van der Waals surface area contributed by atoms with Gasteiger partial charge in [0, 0.05) is 12.6 Å². The van der Waals surface area contributed by atoms with Gasteiger partial charge in [-0.25, -0.2) is 9.97 Å². The molecule has 7 heteroatoms. The van der Waals surface area contributed by atoms with Crippen LogP contribution in [-0.2, 0) is 0 Å². The van der Waals surface area contributed by atoms with E-state index >= 15 is 0 Å². The predicted octanol–water partition coefficient (Wildman–Crippen LogP) is 1.68. The molecular formula is C14H18N4O2S. The van der Waals surface area contributed by atoms with Crippen LogP contribution in [0, 0.1) is 6.92 Å². The van der Waals surface area contributed by atoms with Crippen LogP contribution < -0.4 is 10.6 Å². The van der Waals surface area contributed by atoms with Gasteiger partial charge in [-0.15, -0.1) is 11.3 Å². The first-order valence-electron chi connectivity index (χ1n) is 7.03. The molecule has 112 valence electrons. The van der Waals surface area contributed by atoms with E-state index in [1.54, 1.807) is 6.92 Å². The van der Waals surface area contributed by atoms with Crippen molar-refractivity contribution in [3.05, 3.63) is 16.8 Å². The molecule has 0 radical (unpaired) electrons. The number of amides is 1. The molecule has 1 aliphatic rings. The summed E-state index contributed by atoms with van der Waals surface area (Å²) in [6.07, 6.45) is 3.29. The lowest BCUT2D eigenvalue weighted by atomic mass is 10.2. The Bertz CT molecular complexity index is 679. The van der Waals surface area contributed by atoms with E-state index in [9.17, 15) is 9.90 Å². The topological polar surface area (TPSA) is 87.1 Å². The second-order valence-electron chi connectivity index (χ2n) is 5.44. The Labute approximate surface area is 126 Å². The Balaban J connectivity index is 1.93. The molecule has 21 heavy (non-hydrogen) atoms. The number of rotatable bonds is 5. The van der Waals surface area contributed by atoms with Crippen molar-refractivity contribution < 1.29 is 9.90 Å². The van der Waals surface area contributed by atoms with Gasteiger partial charge in [-0.05, 0) is 32.3 Å². The van der Waals surface area contributed by atoms with Gasteiger partial charge >= 0.3 is 0 Å². The SMILES string of the molecule is Cc1c(C(=O)NCC(C)O)sc2ncnc(NC3CC3)c12. The fourth-order valence-corrected chi connectivity index (χ4v) is 3.20. The van der Waals surface area contributed by atoms with E-state index in [0.717, 1.165) is 34.4 Å². The summed E-state index contributed by atoms with van der Waals surface area (Å²) in [5.41, 5.74) is 0.891. The molecule has 2 aromatic heterocycles. The number of carbonyl (C=O) groups excluding carboxylic acids is 1. The van der Waals surface area contributed by atoms with E-state index < -0.39 is 6.10 Å². The van der Waals surface area contributed by atoms with E-state index in [1.807, 2.05) is 6.92 Å². The Morgan fingerprint density at radius 2 is 2.29 bits per heavy atom. The molecule has 0 bridgehead atoms. The van der Waals surface area contributed by atoms with Gasteiger partial charge in [0.25, 0.3) is 5.91 Å². The van der Waals surface area contributed by atoms with Crippen molar-refractivity contribution in [3.63, 3.8) is 0 Å². The number of hydrogen-bond donors (Lipinski definition) is 3. The minimum absolute atomic E-state index is 0.172. The Morgan fingerprint density at radius 1 is 1.52 bits per heavy atom. The first-order chi connectivity index (χ1) is 10.1. The number of aliphatic hydroxyl groups excluding tert-OH is 1. The summed E-state index contributed by atoms with van der Waals surface area (Å²) < 4.78 is 0. The third-order valence-electron chi connectivity index (χ3n) is 3.41. The van der Waals surface area contributed by atoms with Crippen LogP contribution in [0.3, 0.4) is 0 Å². The molecular weight excluding hydrogens is 288 g/mol. The third-order valence-corrected chi connectivity index (χ3v) is 4.61. The maximum absolute atomic E-state index is 12.2. The van der Waals surface area contributed by atoms with Crippen LogP contribution in [0.5, 0.6) is 0 Å². The molecule has 6 nitrogen and oxygen atoms in total. The monoisotopic (exact) mass is 306 g/mol. The molecule has 3 rings (SSSR count). The molecule has 0 aromatic carbocycles. The lowest BCUT2D eigenvalue weighted by molar-refractivity contribution is 0.0927. The molecule has 1 fully saturated rings. The van der Waals surface area contributed by atoms with E-state index in [2.05, 4.69) is 20.6 Å². The average Bonchev–Trinajstić information content (AvgIpc) is 3.19. The Morgan fingerprint density at radius 3 is 2.95 bits per heavy atom. The summed E-state index contributed by atoms with van der Waals surface area (Å²) in [5, 5.41) is 16.3. The third kappa shape index (κ3) is 2.98. The van der Waals surface area contributed by atoms with Crippen LogP contribution in [0.2, 0.25) is 0 Å². The zero-order valence-corrected chi connectivity index (χ0v) is 12.8. The van der Waals surface area contributed by atoms with Gasteiger partial charge in [0.2, 0.25) is 0 Å². The number of nitrogens with zero attached hydrogens (tertiary/aromatic N) is 2. The number of aryl methyl sites for hydroxylation is 1. The van der Waals surface area contributed by atoms with Crippen molar-refractivity contribution in [1.29, 1.82) is 0 Å². The summed E-state index contributed by atoms with van der Waals surface area (Å²) in [6, 6.07) is 0.495. The number of thiophene rings is 1. The van der Waals surface area contributed by atoms with Gasteiger partial charge < -0.3 is 15.7 Å². The van der Waals surface area contributed by atoms with Crippen molar-refractivity contribution >= 4 is 33.3 Å². The first-order valence-corrected chi connectivity index (χ1v) is 7.85. The highest BCUT2D eigenvalue weighted by Crippen LogP contribution is 2.35. The summed E-state index contributed by atoms with van der Waals surface area (Å²) in [6.45, 7) is 3.80. The summed E-state index contributed by atoms with van der Waals surface area (Å²) >= 11 is 1.36. The van der Waals surface area contributed by atoms with Gasteiger partial charge in [0.15, 0.2) is 0 Å². The van der Waals surface area contributed by atoms with Crippen molar-refractivity contribution in [1.82, 2.24) is 15.3 Å². The molecule has 1 amide bonds. The number of nitrogens with one attached hydrogen (secondary N) is 2. The number of anilines is 1. The van der Waals surface area contributed by atoms with Crippen LogP contribution in [0.25, 0.3) is 10.2 Å². The molecule has 2 heterocycles. The first kappa shape index (κ1) is 14.2. The highest BCUT2D eigenvalue weighted by atomic mass is 32.1. The highest BCUT2D eigenvalue weighted by Gasteiger charge is 2.25. The number of carbonyl (C=O) groups is 1. The number of aliphatic hydroxyl groups is 1. The molecule has 2 aromatic rings. The van der Waals surface area contributed by atoms with Crippen LogP contribution in [0.15, 0.2) is 6.33 Å². The molecule has 0 saturated heterocycles. The van der Waals surface area contributed by atoms with Crippen LogP contribution in [0.1, 0.15) is 35.0 Å².